The molecule has 0 radical (unpaired) electrons. The average Bonchev–Trinajstić information content (AvgIpc) is 2.87. The zero-order valence-corrected chi connectivity index (χ0v) is 10.4. The number of hydroxylamine groups is 1. The van der Waals surface area contributed by atoms with Gasteiger partial charge in [-0.05, 0) is 36.1 Å². The van der Waals surface area contributed by atoms with Crippen LogP contribution in [0.3, 0.4) is 0 Å². The molecule has 18 heavy (non-hydrogen) atoms. The molecule has 0 bridgehead atoms. The van der Waals surface area contributed by atoms with E-state index in [4.69, 9.17) is 5.21 Å². The van der Waals surface area contributed by atoms with Crippen LogP contribution in [0.5, 0.6) is 0 Å². The molecule has 0 aliphatic carbocycles. The van der Waals surface area contributed by atoms with Crippen LogP contribution >= 0.6 is 0 Å². The van der Waals surface area contributed by atoms with Gasteiger partial charge < -0.3 is 0 Å². The van der Waals surface area contributed by atoms with Gasteiger partial charge >= 0.3 is 0 Å². The lowest BCUT2D eigenvalue weighted by Gasteiger charge is -2.39. The second kappa shape index (κ2) is 4.35. The molecule has 2 aliphatic rings. The summed E-state index contributed by atoms with van der Waals surface area (Å²) in [4.78, 5) is 11.4. The number of carbonyl (C=O) groups is 1. The van der Waals surface area contributed by atoms with E-state index >= 15 is 0 Å². The standard InChI is InChI=1S/C13H17N3O2/c1-15-8-10-7-9(13(17)14-18)4-5-11(10)12-3-2-6-16(12)15/h4-5,7,12,18H,2-3,6,8H2,1H3,(H,14,17)/t12-/m0/s1. The number of nitrogens with one attached hydrogen (secondary N) is 1. The van der Waals surface area contributed by atoms with E-state index in [1.165, 1.54) is 24.0 Å². The second-order valence-corrected chi connectivity index (χ2v) is 4.99. The van der Waals surface area contributed by atoms with Gasteiger partial charge in [-0.3, -0.25) is 10.0 Å². The van der Waals surface area contributed by atoms with Crippen LogP contribution in [0.15, 0.2) is 18.2 Å². The van der Waals surface area contributed by atoms with Crippen molar-refractivity contribution in [3.05, 3.63) is 34.9 Å². The third-order valence-electron chi connectivity index (χ3n) is 3.93. The summed E-state index contributed by atoms with van der Waals surface area (Å²) < 4.78 is 0. The molecule has 2 aliphatic heterocycles. The second-order valence-electron chi connectivity index (χ2n) is 4.99. The predicted molar refractivity (Wildman–Crippen MR) is 65.8 cm³/mol. The van der Waals surface area contributed by atoms with E-state index in [0.29, 0.717) is 11.6 Å². The van der Waals surface area contributed by atoms with Gasteiger partial charge in [-0.25, -0.2) is 15.5 Å². The topological polar surface area (TPSA) is 55.8 Å². The first-order chi connectivity index (χ1) is 8.70. The molecule has 0 aromatic heterocycles. The third-order valence-corrected chi connectivity index (χ3v) is 3.93. The molecule has 1 saturated heterocycles. The lowest BCUT2D eigenvalue weighted by Crippen LogP contribution is -2.42. The molecule has 2 N–H and O–H groups in total. The minimum atomic E-state index is -0.450. The maximum absolute atomic E-state index is 11.4. The lowest BCUT2D eigenvalue weighted by molar-refractivity contribution is -0.0343. The van der Waals surface area contributed by atoms with E-state index in [0.717, 1.165) is 13.1 Å². The average molecular weight is 247 g/mol. The Kier molecular flexibility index (Phi) is 2.81. The van der Waals surface area contributed by atoms with Crippen molar-refractivity contribution in [3.63, 3.8) is 0 Å². The zero-order chi connectivity index (χ0) is 12.7. The SMILES string of the molecule is CN1Cc2cc(C(=O)NO)ccc2[C@@H]2CCCN21. The van der Waals surface area contributed by atoms with Gasteiger partial charge in [0.2, 0.25) is 0 Å². The molecule has 0 saturated carbocycles. The molecule has 5 nitrogen and oxygen atoms in total. The van der Waals surface area contributed by atoms with Crippen LogP contribution in [-0.2, 0) is 6.54 Å². The molecule has 1 aromatic rings. The number of rotatable bonds is 1. The van der Waals surface area contributed by atoms with Gasteiger partial charge in [0.1, 0.15) is 0 Å². The highest BCUT2D eigenvalue weighted by atomic mass is 16.5. The fraction of sp³-hybridized carbons (Fsp3) is 0.462. The summed E-state index contributed by atoms with van der Waals surface area (Å²) in [5.41, 5.74) is 4.69. The fourth-order valence-electron chi connectivity index (χ4n) is 3.09. The first kappa shape index (κ1) is 11.6. The van der Waals surface area contributed by atoms with Gasteiger partial charge in [-0.15, -0.1) is 0 Å². The van der Waals surface area contributed by atoms with E-state index in [1.807, 2.05) is 12.1 Å². The van der Waals surface area contributed by atoms with Gasteiger partial charge in [0.15, 0.2) is 0 Å². The maximum Gasteiger partial charge on any atom is 0.274 e. The Labute approximate surface area is 106 Å². The molecule has 0 spiro atoms. The first-order valence-corrected chi connectivity index (χ1v) is 6.25. The van der Waals surface area contributed by atoms with Crippen LogP contribution in [0.2, 0.25) is 0 Å². The summed E-state index contributed by atoms with van der Waals surface area (Å²) in [6, 6.07) is 6.14. The highest BCUT2D eigenvalue weighted by Crippen LogP contribution is 2.39. The van der Waals surface area contributed by atoms with Crippen LogP contribution in [0.25, 0.3) is 0 Å². The van der Waals surface area contributed by atoms with Gasteiger partial charge in [-0.1, -0.05) is 6.07 Å². The molecule has 1 atom stereocenters. The van der Waals surface area contributed by atoms with Crippen LogP contribution in [0.1, 0.15) is 40.4 Å². The van der Waals surface area contributed by atoms with Crippen molar-refractivity contribution in [2.45, 2.75) is 25.4 Å². The molecule has 1 aromatic carbocycles. The monoisotopic (exact) mass is 247 g/mol. The summed E-state index contributed by atoms with van der Waals surface area (Å²) in [7, 11) is 2.08. The van der Waals surface area contributed by atoms with Crippen molar-refractivity contribution in [3.8, 4) is 0 Å². The smallest absolute Gasteiger partial charge is 0.274 e. The summed E-state index contributed by atoms with van der Waals surface area (Å²) in [5.74, 6) is -0.450. The molecular formula is C13H17N3O2. The van der Waals surface area contributed by atoms with Crippen LogP contribution in [0, 0.1) is 0 Å². The molecule has 0 unspecified atom stereocenters. The van der Waals surface area contributed by atoms with Gasteiger partial charge in [0.25, 0.3) is 5.91 Å². The Balaban J connectivity index is 2.00. The minimum Gasteiger partial charge on any atom is -0.288 e. The van der Waals surface area contributed by atoms with Crippen molar-refractivity contribution in [2.24, 2.45) is 0 Å². The van der Waals surface area contributed by atoms with E-state index in [9.17, 15) is 4.79 Å². The predicted octanol–water partition coefficient (Wildman–Crippen LogP) is 1.30. The van der Waals surface area contributed by atoms with Gasteiger partial charge in [-0.2, -0.15) is 0 Å². The quantitative estimate of drug-likeness (QED) is 0.580. The van der Waals surface area contributed by atoms with Crippen LogP contribution in [-0.4, -0.2) is 34.7 Å². The third kappa shape index (κ3) is 1.71. The lowest BCUT2D eigenvalue weighted by atomic mass is 9.95. The number of hydrogen-bond donors (Lipinski definition) is 2. The zero-order valence-electron chi connectivity index (χ0n) is 10.4. The van der Waals surface area contributed by atoms with E-state index < -0.39 is 5.91 Å². The molecule has 2 heterocycles. The van der Waals surface area contributed by atoms with Gasteiger partial charge in [0.05, 0.1) is 0 Å². The minimum absolute atomic E-state index is 0.449. The maximum atomic E-state index is 11.4. The molecule has 96 valence electrons. The highest BCUT2D eigenvalue weighted by molar-refractivity contribution is 5.93. The Morgan fingerprint density at radius 1 is 1.50 bits per heavy atom. The number of fused-ring (bicyclic) bond motifs is 3. The first-order valence-electron chi connectivity index (χ1n) is 6.25. The number of hydrogen-bond acceptors (Lipinski definition) is 4. The van der Waals surface area contributed by atoms with E-state index in [1.54, 1.807) is 11.5 Å². The van der Waals surface area contributed by atoms with E-state index in [-0.39, 0.29) is 0 Å². The molecule has 5 heteroatoms. The van der Waals surface area contributed by atoms with Crippen molar-refractivity contribution in [1.29, 1.82) is 0 Å². The molecule has 3 rings (SSSR count). The number of carbonyl (C=O) groups excluding carboxylic acids is 1. The van der Waals surface area contributed by atoms with Crippen molar-refractivity contribution in [2.75, 3.05) is 13.6 Å². The summed E-state index contributed by atoms with van der Waals surface area (Å²) in [6.45, 7) is 1.93. The van der Waals surface area contributed by atoms with Crippen LogP contribution < -0.4 is 5.48 Å². The summed E-state index contributed by atoms with van der Waals surface area (Å²) in [5, 5.41) is 13.3. The molecular weight excluding hydrogens is 230 g/mol. The van der Waals surface area contributed by atoms with Gasteiger partial charge in [0, 0.05) is 31.7 Å². The van der Waals surface area contributed by atoms with E-state index in [2.05, 4.69) is 17.1 Å². The van der Waals surface area contributed by atoms with Crippen molar-refractivity contribution < 1.29 is 10.0 Å². The Bertz CT molecular complexity index is 489. The summed E-state index contributed by atoms with van der Waals surface area (Å²) in [6.07, 6.45) is 2.39. The highest BCUT2D eigenvalue weighted by Gasteiger charge is 2.34. The molecule has 1 amide bonds. The largest absolute Gasteiger partial charge is 0.288 e. The number of benzene rings is 1. The number of nitrogens with zero attached hydrogens (tertiary/aromatic N) is 2. The molecule has 1 fully saturated rings. The fourth-order valence-corrected chi connectivity index (χ4v) is 3.09. The Morgan fingerprint density at radius 3 is 3.11 bits per heavy atom. The Hall–Kier alpha value is -1.43. The van der Waals surface area contributed by atoms with Crippen molar-refractivity contribution >= 4 is 5.91 Å². The normalized spacial score (nSPS) is 23.6. The van der Waals surface area contributed by atoms with Crippen LogP contribution in [0.4, 0.5) is 0 Å². The van der Waals surface area contributed by atoms with Crippen molar-refractivity contribution in [1.82, 2.24) is 15.5 Å². The summed E-state index contributed by atoms with van der Waals surface area (Å²) >= 11 is 0. The Morgan fingerprint density at radius 2 is 2.33 bits per heavy atom. The number of hydrazine groups is 1. The number of amides is 1.